The van der Waals surface area contributed by atoms with Crippen molar-refractivity contribution in [1.82, 2.24) is 0 Å². The largest absolute Gasteiger partial charge is 0.332 e. The van der Waals surface area contributed by atoms with Crippen molar-refractivity contribution in [3.05, 3.63) is 0 Å². The van der Waals surface area contributed by atoms with Crippen LogP contribution in [0.3, 0.4) is 0 Å². The van der Waals surface area contributed by atoms with Crippen molar-refractivity contribution in [2.24, 2.45) is 0 Å². The summed E-state index contributed by atoms with van der Waals surface area (Å²) >= 11 is 0. The van der Waals surface area contributed by atoms with Gasteiger partial charge in [0.1, 0.15) is 11.8 Å². The predicted molar refractivity (Wildman–Crippen MR) is 51.6 cm³/mol. The SMILES string of the molecule is O=S1(=O)CC[C@@H]([NH+]2CCCCC2)C1. The summed E-state index contributed by atoms with van der Waals surface area (Å²) < 4.78 is 22.5. The lowest BCUT2D eigenvalue weighted by atomic mass is 10.1. The third kappa shape index (κ3) is 2.23. The van der Waals surface area contributed by atoms with E-state index in [0.717, 1.165) is 6.42 Å². The van der Waals surface area contributed by atoms with Crippen LogP contribution in [0, 0.1) is 0 Å². The molecule has 0 aromatic carbocycles. The van der Waals surface area contributed by atoms with Gasteiger partial charge in [-0.1, -0.05) is 0 Å². The molecule has 0 amide bonds. The lowest BCUT2D eigenvalue weighted by Gasteiger charge is -2.28. The Bertz CT molecular complexity index is 267. The molecular formula is C9H18NO2S+. The summed E-state index contributed by atoms with van der Waals surface area (Å²) in [6, 6.07) is 0.422. The second-order valence-corrected chi connectivity index (χ2v) is 6.55. The van der Waals surface area contributed by atoms with Gasteiger partial charge in [0.2, 0.25) is 0 Å². The molecule has 1 N–H and O–H groups in total. The quantitative estimate of drug-likeness (QED) is 0.610. The van der Waals surface area contributed by atoms with E-state index in [1.807, 2.05) is 0 Å². The second-order valence-electron chi connectivity index (χ2n) is 4.32. The Morgan fingerprint density at radius 2 is 1.77 bits per heavy atom. The first-order valence-electron chi connectivity index (χ1n) is 5.22. The van der Waals surface area contributed by atoms with Gasteiger partial charge < -0.3 is 4.90 Å². The zero-order chi connectivity index (χ0) is 9.31. The van der Waals surface area contributed by atoms with Gasteiger partial charge in [0.25, 0.3) is 0 Å². The molecule has 2 aliphatic heterocycles. The number of nitrogens with one attached hydrogen (secondary N) is 1. The fourth-order valence-electron chi connectivity index (χ4n) is 2.53. The molecule has 4 heteroatoms. The molecule has 0 aromatic rings. The van der Waals surface area contributed by atoms with Crippen LogP contribution < -0.4 is 4.90 Å². The molecule has 0 aromatic heterocycles. The predicted octanol–water partition coefficient (Wildman–Crippen LogP) is -0.758. The lowest BCUT2D eigenvalue weighted by Crippen LogP contribution is -3.16. The standard InChI is InChI=1S/C9H17NO2S/c11-13(12)7-4-9(8-13)10-5-2-1-3-6-10/h9H,1-8H2/p+1/t9-/m1/s1. The molecule has 2 saturated heterocycles. The first kappa shape index (κ1) is 9.46. The molecule has 2 heterocycles. The zero-order valence-corrected chi connectivity index (χ0v) is 8.78. The second kappa shape index (κ2) is 3.58. The summed E-state index contributed by atoms with van der Waals surface area (Å²) in [6.45, 7) is 2.39. The fraction of sp³-hybridized carbons (Fsp3) is 1.00. The van der Waals surface area contributed by atoms with Crippen molar-refractivity contribution in [3.8, 4) is 0 Å². The summed E-state index contributed by atoms with van der Waals surface area (Å²) in [6.07, 6.45) is 4.80. The topological polar surface area (TPSA) is 38.6 Å². The molecule has 0 bridgehead atoms. The highest BCUT2D eigenvalue weighted by Gasteiger charge is 2.35. The molecule has 1 atom stereocenters. The van der Waals surface area contributed by atoms with Gasteiger partial charge in [0.15, 0.2) is 9.84 Å². The van der Waals surface area contributed by atoms with Crippen molar-refractivity contribution in [2.45, 2.75) is 31.7 Å². The Balaban J connectivity index is 1.95. The first-order chi connectivity index (χ1) is 6.17. The number of hydrogen-bond donors (Lipinski definition) is 1. The highest BCUT2D eigenvalue weighted by Crippen LogP contribution is 2.10. The van der Waals surface area contributed by atoms with Crippen LogP contribution in [0.2, 0.25) is 0 Å². The van der Waals surface area contributed by atoms with Crippen LogP contribution >= 0.6 is 0 Å². The summed E-state index contributed by atoms with van der Waals surface area (Å²) in [5.41, 5.74) is 0. The van der Waals surface area contributed by atoms with Gasteiger partial charge >= 0.3 is 0 Å². The zero-order valence-electron chi connectivity index (χ0n) is 7.96. The minimum absolute atomic E-state index is 0.422. The van der Waals surface area contributed by atoms with E-state index in [4.69, 9.17) is 0 Å². The monoisotopic (exact) mass is 204 g/mol. The molecular weight excluding hydrogens is 186 g/mol. The molecule has 0 spiro atoms. The number of piperidine rings is 1. The highest BCUT2D eigenvalue weighted by molar-refractivity contribution is 7.91. The summed E-state index contributed by atoms with van der Waals surface area (Å²) in [5.74, 6) is 0.878. The number of sulfone groups is 1. The van der Waals surface area contributed by atoms with Gasteiger partial charge in [0, 0.05) is 6.42 Å². The minimum atomic E-state index is -2.67. The van der Waals surface area contributed by atoms with Crippen molar-refractivity contribution in [2.75, 3.05) is 24.6 Å². The van der Waals surface area contributed by atoms with E-state index in [2.05, 4.69) is 0 Å². The van der Waals surface area contributed by atoms with Crippen LogP contribution in [-0.4, -0.2) is 39.1 Å². The van der Waals surface area contributed by atoms with Crippen molar-refractivity contribution >= 4 is 9.84 Å². The summed E-state index contributed by atoms with van der Waals surface area (Å²) in [5, 5.41) is 0. The maximum absolute atomic E-state index is 11.3. The van der Waals surface area contributed by atoms with E-state index in [0.29, 0.717) is 17.5 Å². The molecule has 0 aliphatic carbocycles. The smallest absolute Gasteiger partial charge is 0.156 e. The highest BCUT2D eigenvalue weighted by atomic mass is 32.2. The van der Waals surface area contributed by atoms with E-state index in [-0.39, 0.29) is 0 Å². The van der Waals surface area contributed by atoms with Crippen LogP contribution in [0.15, 0.2) is 0 Å². The Morgan fingerprint density at radius 3 is 2.31 bits per heavy atom. The number of quaternary nitrogens is 1. The average molecular weight is 204 g/mol. The van der Waals surface area contributed by atoms with Gasteiger partial charge in [-0.3, -0.25) is 0 Å². The van der Waals surface area contributed by atoms with Crippen LogP contribution in [0.4, 0.5) is 0 Å². The van der Waals surface area contributed by atoms with Crippen molar-refractivity contribution in [1.29, 1.82) is 0 Å². The van der Waals surface area contributed by atoms with E-state index in [9.17, 15) is 8.42 Å². The number of likely N-dealkylation sites (tertiary alicyclic amines) is 1. The van der Waals surface area contributed by atoms with Gasteiger partial charge in [0.05, 0.1) is 18.8 Å². The van der Waals surface area contributed by atoms with Gasteiger partial charge in [-0.15, -0.1) is 0 Å². The molecule has 0 saturated carbocycles. The number of rotatable bonds is 1. The van der Waals surface area contributed by atoms with Gasteiger partial charge in [-0.25, -0.2) is 8.42 Å². The fourth-order valence-corrected chi connectivity index (χ4v) is 4.36. The molecule has 0 radical (unpaired) electrons. The van der Waals surface area contributed by atoms with Crippen LogP contribution in [0.5, 0.6) is 0 Å². The van der Waals surface area contributed by atoms with Gasteiger partial charge in [-0.2, -0.15) is 0 Å². The van der Waals surface area contributed by atoms with Crippen LogP contribution in [-0.2, 0) is 9.84 Å². The molecule has 2 aliphatic rings. The van der Waals surface area contributed by atoms with E-state index in [1.54, 1.807) is 4.90 Å². The lowest BCUT2D eigenvalue weighted by molar-refractivity contribution is -0.926. The Kier molecular flexibility index (Phi) is 2.60. The van der Waals surface area contributed by atoms with Crippen molar-refractivity contribution in [3.63, 3.8) is 0 Å². The van der Waals surface area contributed by atoms with E-state index < -0.39 is 9.84 Å². The van der Waals surface area contributed by atoms with Crippen molar-refractivity contribution < 1.29 is 13.3 Å². The van der Waals surface area contributed by atoms with E-state index >= 15 is 0 Å². The molecule has 2 fully saturated rings. The molecule has 2 rings (SSSR count). The third-order valence-electron chi connectivity index (χ3n) is 3.31. The van der Waals surface area contributed by atoms with Gasteiger partial charge in [-0.05, 0) is 19.3 Å². The Hall–Kier alpha value is -0.0900. The molecule has 76 valence electrons. The normalized spacial score (nSPS) is 34.9. The van der Waals surface area contributed by atoms with E-state index in [1.165, 1.54) is 32.4 Å². The maximum Gasteiger partial charge on any atom is 0.156 e. The van der Waals surface area contributed by atoms with Crippen LogP contribution in [0.25, 0.3) is 0 Å². The molecule has 3 nitrogen and oxygen atoms in total. The average Bonchev–Trinajstić information content (AvgIpc) is 2.48. The molecule has 13 heavy (non-hydrogen) atoms. The van der Waals surface area contributed by atoms with Crippen LogP contribution in [0.1, 0.15) is 25.7 Å². The molecule has 0 unspecified atom stereocenters. The first-order valence-corrected chi connectivity index (χ1v) is 7.04. The maximum atomic E-state index is 11.3. The summed E-state index contributed by atoms with van der Waals surface area (Å²) in [4.78, 5) is 1.55. The Labute approximate surface area is 80.0 Å². The third-order valence-corrected chi connectivity index (χ3v) is 5.07. The number of hydrogen-bond acceptors (Lipinski definition) is 2. The summed E-state index contributed by atoms with van der Waals surface area (Å²) in [7, 11) is -2.67. The Morgan fingerprint density at radius 1 is 1.08 bits per heavy atom. The minimum Gasteiger partial charge on any atom is -0.332 e.